The van der Waals surface area contributed by atoms with Crippen LogP contribution in [0.4, 0.5) is 0 Å². The van der Waals surface area contributed by atoms with E-state index in [-0.39, 0.29) is 17.1 Å². The molecule has 0 radical (unpaired) electrons. The van der Waals surface area contributed by atoms with E-state index in [1.807, 2.05) is 0 Å². The number of nitrogens with one attached hydrogen (secondary N) is 2. The van der Waals surface area contributed by atoms with E-state index >= 15 is 0 Å². The second-order valence-electron chi connectivity index (χ2n) is 5.29. The molecule has 1 aliphatic rings. The van der Waals surface area contributed by atoms with E-state index in [0.717, 1.165) is 32.2 Å². The van der Waals surface area contributed by atoms with Crippen LogP contribution < -0.4 is 15.8 Å². The minimum Gasteiger partial charge on any atom is -0.356 e. The zero-order chi connectivity index (χ0) is 14.4. The van der Waals surface area contributed by atoms with Crippen molar-refractivity contribution in [2.45, 2.75) is 39.0 Å². The number of rotatable bonds is 7. The SMILES string of the molecule is CCCC1(C(=O)NCCCS(N)(=O)=O)CCCNC1. The van der Waals surface area contributed by atoms with Crippen LogP contribution >= 0.6 is 0 Å². The molecule has 0 spiro atoms. The van der Waals surface area contributed by atoms with Crippen LogP contribution in [-0.2, 0) is 14.8 Å². The van der Waals surface area contributed by atoms with Crippen molar-refractivity contribution >= 4 is 15.9 Å². The zero-order valence-electron chi connectivity index (χ0n) is 11.6. The first-order chi connectivity index (χ1) is 8.90. The van der Waals surface area contributed by atoms with Gasteiger partial charge in [-0.05, 0) is 32.2 Å². The normalized spacial score (nSPS) is 24.1. The summed E-state index contributed by atoms with van der Waals surface area (Å²) in [5.41, 5.74) is -0.325. The quantitative estimate of drug-likeness (QED) is 0.572. The predicted octanol–water partition coefficient (Wildman–Crippen LogP) is -0.0489. The molecule has 1 unspecified atom stereocenters. The Kier molecular flexibility index (Phi) is 6.22. The molecular weight excluding hydrogens is 266 g/mol. The second kappa shape index (κ2) is 7.21. The third-order valence-electron chi connectivity index (χ3n) is 3.57. The fourth-order valence-electron chi connectivity index (χ4n) is 2.63. The summed E-state index contributed by atoms with van der Waals surface area (Å²) in [6, 6.07) is 0. The van der Waals surface area contributed by atoms with Crippen molar-refractivity contribution in [1.29, 1.82) is 0 Å². The third kappa shape index (κ3) is 5.46. The molecule has 0 aromatic carbocycles. The molecule has 1 fully saturated rings. The fraction of sp³-hybridized carbons (Fsp3) is 0.917. The van der Waals surface area contributed by atoms with Crippen LogP contribution in [0.5, 0.6) is 0 Å². The van der Waals surface area contributed by atoms with Crippen molar-refractivity contribution in [3.63, 3.8) is 0 Å². The van der Waals surface area contributed by atoms with Crippen molar-refractivity contribution in [2.24, 2.45) is 10.6 Å². The van der Waals surface area contributed by atoms with E-state index in [4.69, 9.17) is 5.14 Å². The smallest absolute Gasteiger partial charge is 0.227 e. The van der Waals surface area contributed by atoms with Crippen LogP contribution in [0.2, 0.25) is 0 Å². The van der Waals surface area contributed by atoms with Gasteiger partial charge in [0, 0.05) is 13.1 Å². The maximum atomic E-state index is 12.3. The maximum absolute atomic E-state index is 12.3. The van der Waals surface area contributed by atoms with E-state index < -0.39 is 10.0 Å². The van der Waals surface area contributed by atoms with Crippen LogP contribution in [0.15, 0.2) is 0 Å². The summed E-state index contributed by atoms with van der Waals surface area (Å²) < 4.78 is 21.6. The van der Waals surface area contributed by atoms with Crippen molar-refractivity contribution < 1.29 is 13.2 Å². The highest BCUT2D eigenvalue weighted by Crippen LogP contribution is 2.31. The van der Waals surface area contributed by atoms with Gasteiger partial charge in [0.2, 0.25) is 15.9 Å². The van der Waals surface area contributed by atoms with Crippen molar-refractivity contribution in [3.05, 3.63) is 0 Å². The molecule has 1 saturated heterocycles. The lowest BCUT2D eigenvalue weighted by molar-refractivity contribution is -0.132. The fourth-order valence-corrected chi connectivity index (χ4v) is 3.18. The van der Waals surface area contributed by atoms with Crippen molar-refractivity contribution in [1.82, 2.24) is 10.6 Å². The van der Waals surface area contributed by atoms with Crippen LogP contribution in [0.25, 0.3) is 0 Å². The number of hydrogen-bond donors (Lipinski definition) is 3. The van der Waals surface area contributed by atoms with E-state index in [1.165, 1.54) is 0 Å². The molecule has 1 heterocycles. The number of carbonyl (C=O) groups excluding carboxylic acids is 1. The Hall–Kier alpha value is -0.660. The molecule has 0 aliphatic carbocycles. The average Bonchev–Trinajstić information content (AvgIpc) is 2.34. The number of amides is 1. The summed E-state index contributed by atoms with van der Waals surface area (Å²) in [7, 11) is -3.44. The molecule has 0 aromatic rings. The van der Waals surface area contributed by atoms with E-state index in [0.29, 0.717) is 19.5 Å². The van der Waals surface area contributed by atoms with Gasteiger partial charge in [-0.2, -0.15) is 0 Å². The summed E-state index contributed by atoms with van der Waals surface area (Å²) in [4.78, 5) is 12.3. The topological polar surface area (TPSA) is 101 Å². The highest BCUT2D eigenvalue weighted by atomic mass is 32.2. The second-order valence-corrected chi connectivity index (χ2v) is 7.02. The Labute approximate surface area is 115 Å². The lowest BCUT2D eigenvalue weighted by Crippen LogP contribution is -2.50. The monoisotopic (exact) mass is 291 g/mol. The molecule has 0 aromatic heterocycles. The van der Waals surface area contributed by atoms with Crippen molar-refractivity contribution in [2.75, 3.05) is 25.4 Å². The average molecular weight is 291 g/mol. The highest BCUT2D eigenvalue weighted by Gasteiger charge is 2.38. The largest absolute Gasteiger partial charge is 0.356 e. The van der Waals surface area contributed by atoms with Gasteiger partial charge < -0.3 is 10.6 Å². The molecule has 1 atom stereocenters. The predicted molar refractivity (Wildman–Crippen MR) is 75.0 cm³/mol. The van der Waals surface area contributed by atoms with Gasteiger partial charge in [0.05, 0.1) is 11.2 Å². The number of hydrogen-bond acceptors (Lipinski definition) is 4. The number of piperidine rings is 1. The number of primary sulfonamides is 1. The van der Waals surface area contributed by atoms with E-state index in [2.05, 4.69) is 17.6 Å². The molecule has 0 saturated carbocycles. The third-order valence-corrected chi connectivity index (χ3v) is 4.43. The van der Waals surface area contributed by atoms with E-state index in [1.54, 1.807) is 0 Å². The van der Waals surface area contributed by atoms with Gasteiger partial charge in [0.25, 0.3) is 0 Å². The first-order valence-corrected chi connectivity index (χ1v) is 8.61. The molecule has 0 bridgehead atoms. The minimum absolute atomic E-state index is 0.0379. The van der Waals surface area contributed by atoms with Crippen LogP contribution in [-0.4, -0.2) is 39.7 Å². The molecule has 1 amide bonds. The number of carbonyl (C=O) groups is 1. The summed E-state index contributed by atoms with van der Waals surface area (Å²) >= 11 is 0. The number of sulfonamides is 1. The summed E-state index contributed by atoms with van der Waals surface area (Å²) in [6.07, 6.45) is 4.09. The first-order valence-electron chi connectivity index (χ1n) is 6.89. The Morgan fingerprint density at radius 2 is 2.21 bits per heavy atom. The van der Waals surface area contributed by atoms with Gasteiger partial charge in [-0.25, -0.2) is 13.6 Å². The molecule has 4 N–H and O–H groups in total. The van der Waals surface area contributed by atoms with Gasteiger partial charge in [-0.3, -0.25) is 4.79 Å². The summed E-state index contributed by atoms with van der Waals surface area (Å²) in [5.74, 6) is -0.0530. The molecule has 6 nitrogen and oxygen atoms in total. The van der Waals surface area contributed by atoms with Gasteiger partial charge in [0.1, 0.15) is 0 Å². The summed E-state index contributed by atoms with van der Waals surface area (Å²) in [6.45, 7) is 4.11. The molecule has 1 aliphatic heterocycles. The first kappa shape index (κ1) is 16.4. The lowest BCUT2D eigenvalue weighted by Gasteiger charge is -2.36. The summed E-state index contributed by atoms with van der Waals surface area (Å²) in [5, 5.41) is 11.0. The minimum atomic E-state index is -3.44. The maximum Gasteiger partial charge on any atom is 0.227 e. The van der Waals surface area contributed by atoms with Gasteiger partial charge in [-0.15, -0.1) is 0 Å². The van der Waals surface area contributed by atoms with Gasteiger partial charge >= 0.3 is 0 Å². The Morgan fingerprint density at radius 1 is 1.47 bits per heavy atom. The molecule has 112 valence electrons. The number of nitrogens with two attached hydrogens (primary N) is 1. The Morgan fingerprint density at radius 3 is 2.74 bits per heavy atom. The molecule has 7 heteroatoms. The zero-order valence-corrected chi connectivity index (χ0v) is 12.4. The van der Waals surface area contributed by atoms with Gasteiger partial charge in [0.15, 0.2) is 0 Å². The lowest BCUT2D eigenvalue weighted by atomic mass is 9.76. The van der Waals surface area contributed by atoms with Crippen LogP contribution in [0.3, 0.4) is 0 Å². The van der Waals surface area contributed by atoms with Crippen LogP contribution in [0, 0.1) is 5.41 Å². The Balaban J connectivity index is 2.44. The molecule has 19 heavy (non-hydrogen) atoms. The molecule has 1 rings (SSSR count). The standard InChI is InChI=1S/C12H25N3O3S/c1-2-5-12(6-3-7-14-10-12)11(16)15-8-4-9-19(13,17)18/h14H,2-10H2,1H3,(H,15,16)(H2,13,17,18). The van der Waals surface area contributed by atoms with Gasteiger partial charge in [-0.1, -0.05) is 13.3 Å². The van der Waals surface area contributed by atoms with Crippen molar-refractivity contribution in [3.8, 4) is 0 Å². The highest BCUT2D eigenvalue weighted by molar-refractivity contribution is 7.89. The van der Waals surface area contributed by atoms with Crippen LogP contribution in [0.1, 0.15) is 39.0 Å². The van der Waals surface area contributed by atoms with E-state index in [9.17, 15) is 13.2 Å². The molecular formula is C12H25N3O3S. The Bertz CT molecular complexity index is 384.